The van der Waals surface area contributed by atoms with Crippen molar-refractivity contribution in [3.8, 4) is 0 Å². The Labute approximate surface area is 201 Å². The molecule has 2 fully saturated rings. The number of fused-ring (bicyclic) bond motifs is 1. The third-order valence-electron chi connectivity index (χ3n) is 6.00. The normalized spacial score (nSPS) is 17.6. The van der Waals surface area contributed by atoms with Crippen LogP contribution in [-0.4, -0.2) is 58.5 Å². The molecular weight excluding hydrogens is 456 g/mol. The molecule has 0 bridgehead atoms. The van der Waals surface area contributed by atoms with Crippen LogP contribution >= 0.6 is 11.6 Å². The molecule has 2 aliphatic rings. The number of aromatic nitrogens is 1. The number of carbonyl (C=O) groups is 3. The van der Waals surface area contributed by atoms with Crippen LogP contribution in [0.5, 0.6) is 0 Å². The summed E-state index contributed by atoms with van der Waals surface area (Å²) in [4.78, 5) is 41.3. The molecule has 0 aliphatic carbocycles. The smallest absolute Gasteiger partial charge is 0.329 e. The Morgan fingerprint density at radius 1 is 1.06 bits per heavy atom. The fraction of sp³-hybridized carbons (Fsp3) is 0.240. The number of hydrogen-bond acceptors (Lipinski definition) is 4. The molecule has 34 heavy (non-hydrogen) atoms. The number of morpholine rings is 1. The van der Waals surface area contributed by atoms with E-state index in [1.165, 1.54) is 0 Å². The zero-order chi connectivity index (χ0) is 23.7. The van der Waals surface area contributed by atoms with Crippen LogP contribution < -0.4 is 5.32 Å². The highest BCUT2D eigenvalue weighted by molar-refractivity contribution is 6.30. The van der Waals surface area contributed by atoms with Crippen molar-refractivity contribution < 1.29 is 19.1 Å². The molecule has 2 saturated heterocycles. The lowest BCUT2D eigenvalue weighted by molar-refractivity contribution is -0.135. The number of benzene rings is 2. The summed E-state index contributed by atoms with van der Waals surface area (Å²) >= 11 is 5.92. The summed E-state index contributed by atoms with van der Waals surface area (Å²) in [6.07, 6.45) is 3.51. The molecule has 0 radical (unpaired) electrons. The molecule has 0 unspecified atom stereocenters. The van der Waals surface area contributed by atoms with E-state index in [9.17, 15) is 14.4 Å². The van der Waals surface area contributed by atoms with Crippen LogP contribution in [0.4, 0.5) is 4.79 Å². The number of carbonyl (C=O) groups excluding carboxylic acids is 3. The largest absolute Gasteiger partial charge is 0.378 e. The minimum absolute atomic E-state index is 0.0163. The van der Waals surface area contributed by atoms with Gasteiger partial charge in [-0.25, -0.2) is 4.79 Å². The fourth-order valence-corrected chi connectivity index (χ4v) is 4.35. The number of urea groups is 1. The van der Waals surface area contributed by atoms with Gasteiger partial charge in [0, 0.05) is 40.8 Å². The molecule has 5 rings (SSSR count). The molecule has 3 heterocycles. The second kappa shape index (κ2) is 9.32. The van der Waals surface area contributed by atoms with Gasteiger partial charge in [0.15, 0.2) is 0 Å². The van der Waals surface area contributed by atoms with Crippen molar-refractivity contribution in [2.45, 2.75) is 13.1 Å². The first-order valence-electron chi connectivity index (χ1n) is 11.0. The van der Waals surface area contributed by atoms with Gasteiger partial charge in [0.1, 0.15) is 12.2 Å². The van der Waals surface area contributed by atoms with E-state index in [0.29, 0.717) is 31.3 Å². The highest BCUT2D eigenvalue weighted by atomic mass is 35.5. The number of imide groups is 1. The van der Waals surface area contributed by atoms with E-state index in [4.69, 9.17) is 16.3 Å². The summed E-state index contributed by atoms with van der Waals surface area (Å²) in [7, 11) is 0. The monoisotopic (exact) mass is 478 g/mol. The maximum atomic E-state index is 13.0. The van der Waals surface area contributed by atoms with Gasteiger partial charge in [-0.05, 0) is 29.8 Å². The van der Waals surface area contributed by atoms with Gasteiger partial charge in [0.2, 0.25) is 5.91 Å². The van der Waals surface area contributed by atoms with Crippen molar-refractivity contribution >= 4 is 46.4 Å². The number of nitrogens with zero attached hydrogens (tertiary/aromatic N) is 3. The first-order valence-corrected chi connectivity index (χ1v) is 11.4. The Morgan fingerprint density at radius 3 is 2.56 bits per heavy atom. The average Bonchev–Trinajstić information content (AvgIpc) is 3.33. The lowest BCUT2D eigenvalue weighted by atomic mass is 10.1. The highest BCUT2D eigenvalue weighted by Gasteiger charge is 2.33. The lowest BCUT2D eigenvalue weighted by Gasteiger charge is -2.27. The van der Waals surface area contributed by atoms with Crippen LogP contribution in [0.2, 0.25) is 5.02 Å². The van der Waals surface area contributed by atoms with E-state index in [1.54, 1.807) is 35.2 Å². The molecule has 1 aromatic heterocycles. The van der Waals surface area contributed by atoms with Gasteiger partial charge >= 0.3 is 6.03 Å². The van der Waals surface area contributed by atoms with E-state index in [0.717, 1.165) is 26.9 Å². The van der Waals surface area contributed by atoms with Crippen LogP contribution in [0, 0.1) is 0 Å². The average molecular weight is 479 g/mol. The van der Waals surface area contributed by atoms with E-state index >= 15 is 0 Å². The van der Waals surface area contributed by atoms with Crippen LogP contribution in [0.1, 0.15) is 11.1 Å². The molecule has 3 aromatic rings. The van der Waals surface area contributed by atoms with Crippen LogP contribution in [0.3, 0.4) is 0 Å². The quantitative estimate of drug-likeness (QED) is 0.450. The summed E-state index contributed by atoms with van der Waals surface area (Å²) in [5.74, 6) is -0.385. The Kier molecular flexibility index (Phi) is 6.08. The fourth-order valence-electron chi connectivity index (χ4n) is 4.22. The second-order valence-electron chi connectivity index (χ2n) is 8.23. The minimum Gasteiger partial charge on any atom is -0.378 e. The van der Waals surface area contributed by atoms with Crippen molar-refractivity contribution in [3.63, 3.8) is 0 Å². The summed E-state index contributed by atoms with van der Waals surface area (Å²) in [5, 5.41) is 4.15. The van der Waals surface area contributed by atoms with Crippen molar-refractivity contribution in [2.24, 2.45) is 0 Å². The lowest BCUT2D eigenvalue weighted by Crippen LogP contribution is -2.42. The molecular formula is C25H23ClN4O4. The van der Waals surface area contributed by atoms with E-state index in [2.05, 4.69) is 5.32 Å². The molecule has 8 nitrogen and oxygen atoms in total. The summed E-state index contributed by atoms with van der Waals surface area (Å²) in [5.41, 5.74) is 2.63. The molecule has 2 aromatic carbocycles. The predicted octanol–water partition coefficient (Wildman–Crippen LogP) is 3.25. The molecule has 174 valence electrons. The molecule has 4 amide bonds. The van der Waals surface area contributed by atoms with Crippen LogP contribution in [0.15, 0.2) is 60.4 Å². The van der Waals surface area contributed by atoms with E-state index in [-0.39, 0.29) is 24.7 Å². The topological polar surface area (TPSA) is 83.9 Å². The summed E-state index contributed by atoms with van der Waals surface area (Å²) < 4.78 is 7.22. The van der Waals surface area contributed by atoms with Crippen molar-refractivity contribution in [2.75, 3.05) is 26.3 Å². The van der Waals surface area contributed by atoms with Crippen LogP contribution in [-0.2, 0) is 27.4 Å². The molecule has 0 spiro atoms. The van der Waals surface area contributed by atoms with Gasteiger partial charge < -0.3 is 19.5 Å². The number of nitrogens with one attached hydrogen (secondary N) is 1. The number of ether oxygens (including phenoxy) is 1. The maximum absolute atomic E-state index is 13.0. The Bertz CT molecular complexity index is 1290. The maximum Gasteiger partial charge on any atom is 0.329 e. The number of halogens is 1. The first-order chi connectivity index (χ1) is 16.5. The summed E-state index contributed by atoms with van der Waals surface area (Å²) in [6, 6.07) is 14.2. The Hall–Kier alpha value is -3.62. The number of para-hydroxylation sites is 1. The third kappa shape index (κ3) is 4.42. The highest BCUT2D eigenvalue weighted by Crippen LogP contribution is 2.25. The standard InChI is InChI=1S/C25H23ClN4O4/c26-19-7-5-17(6-8-19)14-30-24(32)21(27-25(30)33)13-18-15-29(22-4-2-1-3-20(18)22)16-23(31)28-9-11-34-12-10-28/h1-8,13,15H,9-12,14,16H2,(H,27,33)/b21-13+. The second-order valence-corrected chi connectivity index (χ2v) is 8.67. The van der Waals surface area contributed by atoms with Crippen molar-refractivity contribution in [3.05, 3.63) is 76.6 Å². The van der Waals surface area contributed by atoms with Gasteiger partial charge in [-0.1, -0.05) is 41.9 Å². The number of rotatable bonds is 5. The molecule has 0 saturated carbocycles. The van der Waals surface area contributed by atoms with Gasteiger partial charge in [-0.2, -0.15) is 0 Å². The van der Waals surface area contributed by atoms with Crippen molar-refractivity contribution in [1.82, 2.24) is 19.7 Å². The van der Waals surface area contributed by atoms with Crippen molar-refractivity contribution in [1.29, 1.82) is 0 Å². The molecule has 1 N–H and O–H groups in total. The molecule has 0 atom stereocenters. The van der Waals surface area contributed by atoms with Gasteiger partial charge in [0.25, 0.3) is 5.91 Å². The molecule has 9 heteroatoms. The summed E-state index contributed by atoms with van der Waals surface area (Å²) in [6.45, 7) is 2.59. The van der Waals surface area contributed by atoms with Gasteiger partial charge in [-0.15, -0.1) is 0 Å². The molecule has 2 aliphatic heterocycles. The first kappa shape index (κ1) is 22.2. The van der Waals surface area contributed by atoms with Crippen LogP contribution in [0.25, 0.3) is 17.0 Å². The SMILES string of the molecule is O=C(Cn1cc(/C=C2/NC(=O)N(Cc3ccc(Cl)cc3)C2=O)c2ccccc21)N1CCOCC1. The third-order valence-corrected chi connectivity index (χ3v) is 6.26. The predicted molar refractivity (Wildman–Crippen MR) is 128 cm³/mol. The number of amides is 4. The zero-order valence-electron chi connectivity index (χ0n) is 18.4. The number of hydrogen-bond donors (Lipinski definition) is 1. The Morgan fingerprint density at radius 2 is 1.79 bits per heavy atom. The zero-order valence-corrected chi connectivity index (χ0v) is 19.1. The minimum atomic E-state index is -0.475. The van der Waals surface area contributed by atoms with E-state index < -0.39 is 11.9 Å². The van der Waals surface area contributed by atoms with E-state index in [1.807, 2.05) is 35.0 Å². The van der Waals surface area contributed by atoms with Gasteiger partial charge in [-0.3, -0.25) is 14.5 Å². The Balaban J connectivity index is 1.40. The van der Waals surface area contributed by atoms with Gasteiger partial charge in [0.05, 0.1) is 19.8 Å².